The molecule has 0 spiro atoms. The molecular weight excluding hydrogens is 262 g/mol. The number of nitrogens with two attached hydrogens (primary N) is 1. The van der Waals surface area contributed by atoms with E-state index in [-0.39, 0.29) is 22.4 Å². The lowest BCUT2D eigenvalue weighted by Crippen LogP contribution is -2.21. The maximum absolute atomic E-state index is 12.1. The first-order valence-electron chi connectivity index (χ1n) is 5.38. The van der Waals surface area contributed by atoms with E-state index in [1.807, 2.05) is 0 Å². The Morgan fingerprint density at radius 1 is 1.47 bits per heavy atom. The number of halogens is 1. The summed E-state index contributed by atoms with van der Waals surface area (Å²) in [5, 5.41) is 0.366. The molecule has 0 radical (unpaired) electrons. The summed E-state index contributed by atoms with van der Waals surface area (Å²) >= 11 is 5.79. The molecule has 0 saturated carbocycles. The van der Waals surface area contributed by atoms with Crippen LogP contribution in [0.4, 0.5) is 5.69 Å². The SMILES string of the molecule is Nc1ccc(Cl)cc1S(=O)(=O)CC1CCCO1. The molecule has 0 amide bonds. The Morgan fingerprint density at radius 2 is 2.24 bits per heavy atom. The molecule has 1 unspecified atom stereocenters. The quantitative estimate of drug-likeness (QED) is 0.855. The van der Waals surface area contributed by atoms with Crippen molar-refractivity contribution in [1.82, 2.24) is 0 Å². The summed E-state index contributed by atoms with van der Waals surface area (Å²) in [5.41, 5.74) is 5.90. The minimum absolute atomic E-state index is 0.0302. The molecule has 17 heavy (non-hydrogen) atoms. The molecule has 1 aliphatic heterocycles. The highest BCUT2D eigenvalue weighted by molar-refractivity contribution is 7.91. The molecule has 1 aromatic carbocycles. The van der Waals surface area contributed by atoms with E-state index in [2.05, 4.69) is 0 Å². The van der Waals surface area contributed by atoms with Crippen molar-refractivity contribution in [1.29, 1.82) is 0 Å². The van der Waals surface area contributed by atoms with Gasteiger partial charge in [-0.1, -0.05) is 11.6 Å². The van der Waals surface area contributed by atoms with Crippen molar-refractivity contribution in [3.63, 3.8) is 0 Å². The molecule has 0 aliphatic carbocycles. The van der Waals surface area contributed by atoms with Gasteiger partial charge in [-0.2, -0.15) is 0 Å². The largest absolute Gasteiger partial charge is 0.398 e. The normalized spacial score (nSPS) is 20.6. The predicted molar refractivity (Wildman–Crippen MR) is 66.9 cm³/mol. The van der Waals surface area contributed by atoms with Gasteiger partial charge in [-0.05, 0) is 31.0 Å². The monoisotopic (exact) mass is 275 g/mol. The Morgan fingerprint density at radius 3 is 2.88 bits per heavy atom. The molecule has 1 fully saturated rings. The van der Waals surface area contributed by atoms with Crippen LogP contribution in [-0.2, 0) is 14.6 Å². The van der Waals surface area contributed by atoms with Crippen molar-refractivity contribution in [3.8, 4) is 0 Å². The van der Waals surface area contributed by atoms with Crippen LogP contribution in [0.25, 0.3) is 0 Å². The number of benzene rings is 1. The Labute approximate surface area is 106 Å². The Bertz CT molecular complexity index is 509. The fourth-order valence-corrected chi connectivity index (χ4v) is 3.79. The van der Waals surface area contributed by atoms with Crippen molar-refractivity contribution in [2.24, 2.45) is 0 Å². The third kappa shape index (κ3) is 2.91. The van der Waals surface area contributed by atoms with E-state index in [9.17, 15) is 8.42 Å². The fraction of sp³-hybridized carbons (Fsp3) is 0.455. The third-order valence-electron chi connectivity index (χ3n) is 2.74. The van der Waals surface area contributed by atoms with E-state index in [1.165, 1.54) is 12.1 Å². The molecule has 1 saturated heterocycles. The van der Waals surface area contributed by atoms with Crippen molar-refractivity contribution in [2.75, 3.05) is 18.1 Å². The Balaban J connectivity index is 2.27. The first-order valence-corrected chi connectivity index (χ1v) is 7.41. The van der Waals surface area contributed by atoms with Crippen molar-refractivity contribution < 1.29 is 13.2 Å². The summed E-state index contributed by atoms with van der Waals surface area (Å²) in [4.78, 5) is 0.0977. The van der Waals surface area contributed by atoms with Crippen LogP contribution < -0.4 is 5.73 Å². The summed E-state index contributed by atoms with van der Waals surface area (Å²) in [6.07, 6.45) is 1.46. The van der Waals surface area contributed by atoms with E-state index < -0.39 is 9.84 Å². The van der Waals surface area contributed by atoms with Gasteiger partial charge in [0, 0.05) is 11.6 Å². The molecule has 1 heterocycles. The second-order valence-corrected chi connectivity index (χ2v) is 6.54. The topological polar surface area (TPSA) is 69.4 Å². The van der Waals surface area contributed by atoms with Gasteiger partial charge in [-0.15, -0.1) is 0 Å². The van der Waals surface area contributed by atoms with Gasteiger partial charge in [0.15, 0.2) is 9.84 Å². The van der Waals surface area contributed by atoms with Crippen molar-refractivity contribution in [2.45, 2.75) is 23.8 Å². The van der Waals surface area contributed by atoms with Gasteiger partial charge in [0.2, 0.25) is 0 Å². The van der Waals surface area contributed by atoms with Gasteiger partial charge in [0.05, 0.1) is 22.4 Å². The summed E-state index contributed by atoms with van der Waals surface area (Å²) in [5.74, 6) is -0.0302. The molecule has 94 valence electrons. The number of anilines is 1. The summed E-state index contributed by atoms with van der Waals surface area (Å²) in [7, 11) is -3.43. The molecule has 1 aliphatic rings. The summed E-state index contributed by atoms with van der Waals surface area (Å²) < 4.78 is 29.6. The van der Waals surface area contributed by atoms with Crippen LogP contribution in [0.15, 0.2) is 23.1 Å². The van der Waals surface area contributed by atoms with Gasteiger partial charge >= 0.3 is 0 Å². The molecule has 1 aromatic rings. The molecule has 2 N–H and O–H groups in total. The van der Waals surface area contributed by atoms with Crippen LogP contribution in [0.5, 0.6) is 0 Å². The second kappa shape index (κ2) is 4.84. The number of hydrogen-bond acceptors (Lipinski definition) is 4. The van der Waals surface area contributed by atoms with E-state index in [0.717, 1.165) is 12.8 Å². The molecule has 0 bridgehead atoms. The van der Waals surface area contributed by atoms with Crippen molar-refractivity contribution in [3.05, 3.63) is 23.2 Å². The first kappa shape index (κ1) is 12.7. The zero-order chi connectivity index (χ0) is 12.5. The highest BCUT2D eigenvalue weighted by Crippen LogP contribution is 2.26. The van der Waals surface area contributed by atoms with Gasteiger partial charge in [-0.25, -0.2) is 8.42 Å². The summed E-state index contributed by atoms with van der Waals surface area (Å²) in [6.45, 7) is 0.630. The van der Waals surface area contributed by atoms with Gasteiger partial charge in [0.1, 0.15) is 0 Å². The lowest BCUT2D eigenvalue weighted by molar-refractivity contribution is 0.127. The Hall–Kier alpha value is -0.780. The highest BCUT2D eigenvalue weighted by Gasteiger charge is 2.26. The van der Waals surface area contributed by atoms with E-state index in [0.29, 0.717) is 11.6 Å². The maximum atomic E-state index is 12.1. The summed E-state index contributed by atoms with van der Waals surface area (Å²) in [6, 6.07) is 4.47. The maximum Gasteiger partial charge on any atom is 0.183 e. The van der Waals surface area contributed by atoms with Crippen LogP contribution in [0, 0.1) is 0 Å². The van der Waals surface area contributed by atoms with Crippen LogP contribution in [0.2, 0.25) is 5.02 Å². The van der Waals surface area contributed by atoms with Gasteiger partial charge in [-0.3, -0.25) is 0 Å². The number of nitrogen functional groups attached to an aromatic ring is 1. The van der Waals surface area contributed by atoms with E-state index in [4.69, 9.17) is 22.1 Å². The minimum atomic E-state index is -3.43. The predicted octanol–water partition coefficient (Wildman–Crippen LogP) is 1.87. The van der Waals surface area contributed by atoms with Gasteiger partial charge in [0.25, 0.3) is 0 Å². The lowest BCUT2D eigenvalue weighted by Gasteiger charge is -2.12. The smallest absolute Gasteiger partial charge is 0.183 e. The van der Waals surface area contributed by atoms with Crippen molar-refractivity contribution >= 4 is 27.1 Å². The Kier molecular flexibility index (Phi) is 3.61. The fourth-order valence-electron chi connectivity index (χ4n) is 1.89. The van der Waals surface area contributed by atoms with Crippen LogP contribution in [0.1, 0.15) is 12.8 Å². The second-order valence-electron chi connectivity index (χ2n) is 4.10. The third-order valence-corrected chi connectivity index (χ3v) is 4.81. The lowest BCUT2D eigenvalue weighted by atomic mass is 10.3. The molecule has 4 nitrogen and oxygen atoms in total. The van der Waals surface area contributed by atoms with Gasteiger partial charge < -0.3 is 10.5 Å². The van der Waals surface area contributed by atoms with E-state index >= 15 is 0 Å². The number of rotatable bonds is 3. The van der Waals surface area contributed by atoms with Crippen LogP contribution in [0.3, 0.4) is 0 Å². The van der Waals surface area contributed by atoms with Crippen LogP contribution >= 0.6 is 11.6 Å². The molecule has 2 rings (SSSR count). The highest BCUT2D eigenvalue weighted by atomic mass is 35.5. The van der Waals surface area contributed by atoms with E-state index in [1.54, 1.807) is 6.07 Å². The minimum Gasteiger partial charge on any atom is -0.398 e. The molecule has 1 atom stereocenters. The zero-order valence-electron chi connectivity index (χ0n) is 9.23. The average Bonchev–Trinajstić information content (AvgIpc) is 2.73. The van der Waals surface area contributed by atoms with Crippen LogP contribution in [-0.4, -0.2) is 26.9 Å². The number of ether oxygens (including phenoxy) is 1. The average molecular weight is 276 g/mol. The first-order chi connectivity index (χ1) is 7.99. The molecular formula is C11H14ClNO3S. The molecule has 0 aromatic heterocycles. The number of hydrogen-bond donors (Lipinski definition) is 1. The molecule has 6 heteroatoms. The number of sulfone groups is 1. The zero-order valence-corrected chi connectivity index (χ0v) is 10.8. The standard InChI is InChI=1S/C11H14ClNO3S/c12-8-3-4-10(13)11(6-8)17(14,15)7-9-2-1-5-16-9/h3-4,6,9H,1-2,5,7,13H2.